The molecule has 12 unspecified atom stereocenters. The number of rotatable bonds is 22. The molecule has 4 aromatic heterocycles. The molecule has 0 spiro atoms. The van der Waals surface area contributed by atoms with Gasteiger partial charge in [0.25, 0.3) is 0 Å². The molecule has 40 nitrogen and oxygen atoms in total. The van der Waals surface area contributed by atoms with Crippen molar-refractivity contribution < 1.29 is 132 Å². The largest absolute Gasteiger partial charge is 0.490 e. The van der Waals surface area contributed by atoms with Gasteiger partial charge in [0.1, 0.15) is 48.1 Å². The van der Waals surface area contributed by atoms with Gasteiger partial charge >= 0.3 is 58.9 Å². The molecule has 2 aliphatic heterocycles. The number of carbonyl (C=O) groups is 2. The van der Waals surface area contributed by atoms with E-state index in [4.69, 9.17) is 50.0 Å². The highest BCUT2D eigenvalue weighted by atomic mass is 31.3. The highest BCUT2D eigenvalue weighted by Crippen LogP contribution is 2.67. The van der Waals surface area contributed by atoms with Crippen molar-refractivity contribution in [3.8, 4) is 0 Å². The first kappa shape index (κ1) is 63.9. The van der Waals surface area contributed by atoms with Crippen molar-refractivity contribution in [2.24, 2.45) is 0 Å². The maximum Gasteiger partial charge on any atom is 0.490 e. The molecule has 2 fully saturated rings. The molecule has 448 valence electrons. The summed E-state index contributed by atoms with van der Waals surface area (Å²) in [5, 5.41) is 27.8. The molecule has 16 N–H and O–H groups in total. The van der Waals surface area contributed by atoms with Crippen molar-refractivity contribution in [2.75, 3.05) is 49.4 Å². The smallest absolute Gasteiger partial charge is 0.453 e. The van der Waals surface area contributed by atoms with E-state index in [2.05, 4.69) is 66.8 Å². The Hall–Kier alpha value is -5.66. The van der Waals surface area contributed by atoms with E-state index in [-0.39, 0.29) is 45.1 Å². The maximum atomic E-state index is 13.1. The number of fused-ring (bicyclic) bond motifs is 2. The summed E-state index contributed by atoms with van der Waals surface area (Å²) in [5.41, 5.74) is 13.1. The van der Waals surface area contributed by atoms with Crippen LogP contribution in [0.2, 0.25) is 0 Å². The number of aromatic nitrogens is 8. The number of para-hydroxylation sites is 2. The van der Waals surface area contributed by atoms with E-state index < -0.39 is 121 Å². The van der Waals surface area contributed by atoms with Crippen LogP contribution in [0.15, 0.2) is 73.8 Å². The number of phosphoric ester groups is 2. The number of hydrogen-bond acceptors (Lipinski definition) is 30. The molecule has 6 aromatic rings. The quantitative estimate of drug-likeness (QED) is 0.0326. The molecule has 2 aromatic carbocycles. The summed E-state index contributed by atoms with van der Waals surface area (Å²) in [7, 11) is -30.8. The monoisotopic (exact) mass is 1280 g/mol. The van der Waals surface area contributed by atoms with Gasteiger partial charge in [-0.25, -0.2) is 66.9 Å². The van der Waals surface area contributed by atoms with Crippen molar-refractivity contribution in [1.29, 1.82) is 0 Å². The fraction of sp³-hybridized carbons (Fsp3) is 0.333. The van der Waals surface area contributed by atoms with Gasteiger partial charge in [0.15, 0.2) is 47.6 Å². The minimum atomic E-state index is -5.80. The number of nitrogens with two attached hydrogens (primary N) is 2. The molecule has 12 atom stereocenters. The molecular formula is C36H46N12O28P6. The molecular weight excluding hydrogens is 1230 g/mol. The Morgan fingerprint density at radius 1 is 0.549 bits per heavy atom. The first-order chi connectivity index (χ1) is 38.2. The topological polar surface area (TPSA) is 594 Å². The van der Waals surface area contributed by atoms with Crippen molar-refractivity contribution in [1.82, 2.24) is 39.0 Å². The summed E-state index contributed by atoms with van der Waals surface area (Å²) in [6, 6.07) is 12.5. The number of aliphatic hydroxyl groups excluding tert-OH is 2. The summed E-state index contributed by atoms with van der Waals surface area (Å²) in [6.45, 7) is -2.04. The summed E-state index contributed by atoms with van der Waals surface area (Å²) in [5.74, 6) is -1.81. The van der Waals surface area contributed by atoms with Crippen LogP contribution in [-0.2, 0) is 72.6 Å². The number of nitrogens with one attached hydrogen (secondary N) is 2. The van der Waals surface area contributed by atoms with Crippen LogP contribution in [0.3, 0.4) is 0 Å². The molecule has 6 heterocycles. The normalized spacial score (nSPS) is 24.0. The SMILES string of the molecule is CNc1ccccc1C(=O)OC1C(COP(=O)(O)OP(=O)(O)OP(=O)(O)O)OC(n2cnc3c(N)ncnc32)C1O.CNc1ccccc1C(=O)OC1C(O)C(COP(=O)(O)OP(=O)(O)OP(=O)(O)O)OC1n1cnc2c(N)ncnc21. The van der Waals surface area contributed by atoms with Crippen LogP contribution in [0.4, 0.5) is 23.0 Å². The predicted octanol–water partition coefficient (Wildman–Crippen LogP) is 0.555. The molecule has 82 heavy (non-hydrogen) atoms. The Labute approximate surface area is 457 Å². The molecule has 0 amide bonds. The third kappa shape index (κ3) is 15.9. The van der Waals surface area contributed by atoms with Gasteiger partial charge in [-0.15, -0.1) is 0 Å². The molecule has 46 heteroatoms. The average molecular weight is 1280 g/mol. The van der Waals surface area contributed by atoms with Gasteiger partial charge in [0, 0.05) is 25.5 Å². The van der Waals surface area contributed by atoms with Crippen LogP contribution in [0, 0.1) is 0 Å². The molecule has 0 saturated carbocycles. The van der Waals surface area contributed by atoms with Crippen molar-refractivity contribution in [3.05, 3.63) is 85.0 Å². The first-order valence-corrected chi connectivity index (χ1v) is 31.3. The number of esters is 2. The van der Waals surface area contributed by atoms with Crippen molar-refractivity contribution >= 4 is 104 Å². The average Bonchev–Trinajstić information content (AvgIpc) is 2.81. The predicted molar refractivity (Wildman–Crippen MR) is 269 cm³/mol. The maximum absolute atomic E-state index is 13.1. The standard InChI is InChI=1S/2C18H23N6O14P3/c1-20-10-5-3-2-4-9(10)18(26)36-14-11(6-34-40(30,31)38-41(32,33)37-39(27,28)29)35-17(13(14)25)24-8-23-12-15(19)21-7-22-16(12)24;1-20-10-5-3-2-4-9(10)18(26)36-14-13(25)11(6-34-40(30,31)38-41(32,33)37-39(27,28)29)35-17(14)24-8-23-12-15(19)21-7-22-16(12)24/h2*2-5,7-8,11,13-14,17,20,25H,6H2,1H3,(H,30,31)(H,32,33)(H2,19,21,22)(H2,27,28,29). The minimum absolute atomic E-state index is 0.00740. The third-order valence-corrected chi connectivity index (χ3v) is 18.5. The summed E-state index contributed by atoms with van der Waals surface area (Å²) in [4.78, 5) is 123. The van der Waals surface area contributed by atoms with Gasteiger partial charge in [-0.1, -0.05) is 24.3 Å². The molecule has 0 bridgehead atoms. The summed E-state index contributed by atoms with van der Waals surface area (Å²) in [6.07, 6.45) is -7.75. The highest BCUT2D eigenvalue weighted by molar-refractivity contribution is 7.67. The molecule has 8 rings (SSSR count). The number of anilines is 4. The van der Waals surface area contributed by atoms with Crippen LogP contribution >= 0.6 is 46.9 Å². The van der Waals surface area contributed by atoms with Crippen LogP contribution in [0.5, 0.6) is 0 Å². The number of phosphoric acid groups is 6. The molecule has 0 radical (unpaired) electrons. The second-order valence-electron chi connectivity index (χ2n) is 16.4. The lowest BCUT2D eigenvalue weighted by atomic mass is 10.1. The number of carbonyl (C=O) groups excluding carboxylic acids is 2. The number of hydrogen-bond donors (Lipinski definition) is 14. The van der Waals surface area contributed by atoms with Crippen LogP contribution < -0.4 is 22.1 Å². The van der Waals surface area contributed by atoms with Gasteiger partial charge < -0.3 is 90.4 Å². The number of ether oxygens (including phenoxy) is 4. The number of nitrogens with zero attached hydrogens (tertiary/aromatic N) is 8. The fourth-order valence-corrected chi connectivity index (χ4v) is 13.7. The van der Waals surface area contributed by atoms with Crippen molar-refractivity contribution in [3.63, 3.8) is 0 Å². The van der Waals surface area contributed by atoms with Crippen LogP contribution in [-0.4, -0.2) is 164 Å². The Kier molecular flexibility index (Phi) is 19.7. The van der Waals surface area contributed by atoms with Crippen molar-refractivity contribution in [2.45, 2.75) is 49.1 Å². The van der Waals surface area contributed by atoms with Crippen LogP contribution in [0.1, 0.15) is 33.2 Å². The van der Waals surface area contributed by atoms with E-state index in [1.165, 1.54) is 33.9 Å². The number of aliphatic hydroxyl groups is 2. The summed E-state index contributed by atoms with van der Waals surface area (Å²) >= 11 is 0. The van der Waals surface area contributed by atoms with Gasteiger partial charge in [0.05, 0.1) is 37.0 Å². The lowest BCUT2D eigenvalue weighted by molar-refractivity contribution is -0.0558. The third-order valence-electron chi connectivity index (χ3n) is 10.9. The number of nitrogen functional groups attached to an aromatic ring is 2. The van der Waals surface area contributed by atoms with E-state index in [9.17, 15) is 66.8 Å². The minimum Gasteiger partial charge on any atom is -0.453 e. The van der Waals surface area contributed by atoms with Gasteiger partial charge in [0.2, 0.25) is 0 Å². The zero-order chi connectivity index (χ0) is 60.3. The Morgan fingerprint density at radius 2 is 0.951 bits per heavy atom. The zero-order valence-corrected chi connectivity index (χ0v) is 46.6. The molecule has 2 aliphatic rings. The molecule has 0 aliphatic carbocycles. The highest BCUT2D eigenvalue weighted by Gasteiger charge is 2.52. The van der Waals surface area contributed by atoms with Crippen LogP contribution in [0.25, 0.3) is 22.3 Å². The van der Waals surface area contributed by atoms with E-state index in [1.807, 2.05) is 0 Å². The summed E-state index contributed by atoms with van der Waals surface area (Å²) < 4.78 is 118. The fourth-order valence-electron chi connectivity index (χ4n) is 7.62. The second-order valence-corrected chi connectivity index (χ2v) is 25.2. The van der Waals surface area contributed by atoms with E-state index >= 15 is 0 Å². The van der Waals surface area contributed by atoms with E-state index in [0.717, 1.165) is 12.7 Å². The number of benzene rings is 2. The Balaban J connectivity index is 0.000000236. The van der Waals surface area contributed by atoms with Gasteiger partial charge in [-0.3, -0.25) is 18.2 Å². The number of imidazole rings is 2. The Bertz CT molecular complexity index is 3630. The first-order valence-electron chi connectivity index (χ1n) is 22.3. The molecule has 2 saturated heterocycles. The zero-order valence-electron chi connectivity index (χ0n) is 41.2. The lowest BCUT2D eigenvalue weighted by Crippen LogP contribution is -2.38. The van der Waals surface area contributed by atoms with Gasteiger partial charge in [-0.2, -0.15) is 17.2 Å². The Morgan fingerprint density at radius 3 is 1.39 bits per heavy atom. The lowest BCUT2D eigenvalue weighted by Gasteiger charge is -2.22. The van der Waals surface area contributed by atoms with E-state index in [1.54, 1.807) is 50.5 Å². The van der Waals surface area contributed by atoms with E-state index in [0.29, 0.717) is 11.4 Å². The second kappa shape index (κ2) is 25.3. The van der Waals surface area contributed by atoms with Gasteiger partial charge in [-0.05, 0) is 24.3 Å².